The van der Waals surface area contributed by atoms with Crippen LogP contribution < -0.4 is 4.72 Å². The molecule has 0 atom stereocenters. The molecule has 0 bridgehead atoms. The molecule has 0 saturated carbocycles. The molecule has 1 aromatic heterocycles. The predicted molar refractivity (Wildman–Crippen MR) is 103 cm³/mol. The molecule has 1 aliphatic rings. The number of furan rings is 1. The van der Waals surface area contributed by atoms with Crippen LogP contribution in [0.15, 0.2) is 53.1 Å². The molecule has 0 spiro atoms. The molecule has 146 valence electrons. The summed E-state index contributed by atoms with van der Waals surface area (Å²) in [6, 6.07) is 13.0. The predicted octanol–water partition coefficient (Wildman–Crippen LogP) is 1.20. The summed E-state index contributed by atoms with van der Waals surface area (Å²) >= 11 is 0. The van der Waals surface area contributed by atoms with Gasteiger partial charge in [-0.2, -0.15) is 0 Å². The number of hydrogen-bond donors (Lipinski definition) is 1. The Hall–Kier alpha value is -2.16. The summed E-state index contributed by atoms with van der Waals surface area (Å²) in [6.45, 7) is 3.67. The van der Waals surface area contributed by atoms with Crippen LogP contribution in [0.25, 0.3) is 0 Å². The highest BCUT2D eigenvalue weighted by Gasteiger charge is 2.23. The van der Waals surface area contributed by atoms with Crippen LogP contribution in [0.3, 0.4) is 0 Å². The third-order valence-corrected chi connectivity index (χ3v) is 6.03. The molecule has 3 rings (SSSR count). The summed E-state index contributed by atoms with van der Waals surface area (Å²) in [4.78, 5) is 16.1. The van der Waals surface area contributed by atoms with Crippen LogP contribution in [0.1, 0.15) is 16.1 Å². The van der Waals surface area contributed by atoms with E-state index >= 15 is 0 Å². The number of piperazine rings is 1. The maximum absolute atomic E-state index is 12.2. The van der Waals surface area contributed by atoms with Gasteiger partial charge in [0.1, 0.15) is 0 Å². The van der Waals surface area contributed by atoms with Gasteiger partial charge in [-0.15, -0.1) is 0 Å². The van der Waals surface area contributed by atoms with Crippen LogP contribution >= 0.6 is 0 Å². The first kappa shape index (κ1) is 19.6. The first-order chi connectivity index (χ1) is 13.0. The van der Waals surface area contributed by atoms with Crippen LogP contribution in [0.2, 0.25) is 0 Å². The van der Waals surface area contributed by atoms with Crippen LogP contribution in [0.5, 0.6) is 0 Å². The van der Waals surface area contributed by atoms with Gasteiger partial charge >= 0.3 is 0 Å². The van der Waals surface area contributed by atoms with Crippen molar-refractivity contribution < 1.29 is 17.6 Å². The molecule has 27 heavy (non-hydrogen) atoms. The number of rotatable bonds is 8. The lowest BCUT2D eigenvalue weighted by Gasteiger charge is -2.34. The maximum atomic E-state index is 12.2. The lowest BCUT2D eigenvalue weighted by atomic mass is 10.2. The van der Waals surface area contributed by atoms with E-state index in [1.807, 2.05) is 30.3 Å². The molecule has 1 aliphatic heterocycles. The highest BCUT2D eigenvalue weighted by molar-refractivity contribution is 7.89. The second kappa shape index (κ2) is 9.16. The molecule has 1 amide bonds. The fourth-order valence-corrected chi connectivity index (χ4v) is 4.11. The SMILES string of the molecule is O=C(c1ccco1)N1CCN(CCNS(=O)(=O)CCc2ccccc2)CC1. The van der Waals surface area contributed by atoms with Crippen LogP contribution in [0, 0.1) is 0 Å². The average Bonchev–Trinajstić information content (AvgIpc) is 3.22. The number of nitrogens with one attached hydrogen (secondary N) is 1. The fourth-order valence-electron chi connectivity index (χ4n) is 3.06. The van der Waals surface area contributed by atoms with E-state index in [0.29, 0.717) is 38.4 Å². The molecular weight excluding hydrogens is 366 g/mol. The molecule has 0 aliphatic carbocycles. The van der Waals surface area contributed by atoms with Gasteiger partial charge in [0.2, 0.25) is 10.0 Å². The smallest absolute Gasteiger partial charge is 0.289 e. The van der Waals surface area contributed by atoms with Crippen molar-refractivity contribution in [3.63, 3.8) is 0 Å². The van der Waals surface area contributed by atoms with Crippen LogP contribution in [0.4, 0.5) is 0 Å². The molecule has 7 nitrogen and oxygen atoms in total. The molecule has 2 heterocycles. The molecule has 1 fully saturated rings. The van der Waals surface area contributed by atoms with E-state index in [-0.39, 0.29) is 11.7 Å². The van der Waals surface area contributed by atoms with Gasteiger partial charge in [-0.3, -0.25) is 9.69 Å². The lowest BCUT2D eigenvalue weighted by Crippen LogP contribution is -2.50. The summed E-state index contributed by atoms with van der Waals surface area (Å²) in [6.07, 6.45) is 2.00. The molecular formula is C19H25N3O4S. The van der Waals surface area contributed by atoms with E-state index in [1.54, 1.807) is 17.0 Å². The van der Waals surface area contributed by atoms with Gasteiger partial charge in [0, 0.05) is 39.3 Å². The van der Waals surface area contributed by atoms with Gasteiger partial charge in [0.25, 0.3) is 5.91 Å². The van der Waals surface area contributed by atoms with Gasteiger partial charge in [-0.25, -0.2) is 13.1 Å². The number of amides is 1. The van der Waals surface area contributed by atoms with Crippen molar-refractivity contribution in [1.29, 1.82) is 0 Å². The van der Waals surface area contributed by atoms with Crippen molar-refractivity contribution in [1.82, 2.24) is 14.5 Å². The molecule has 1 N–H and O–H groups in total. The second-order valence-corrected chi connectivity index (χ2v) is 8.49. The third kappa shape index (κ3) is 5.92. The van der Waals surface area contributed by atoms with E-state index in [9.17, 15) is 13.2 Å². The molecule has 1 aromatic carbocycles. The Kier molecular flexibility index (Phi) is 6.65. The van der Waals surface area contributed by atoms with E-state index in [2.05, 4.69) is 9.62 Å². The monoisotopic (exact) mass is 391 g/mol. The highest BCUT2D eigenvalue weighted by Crippen LogP contribution is 2.09. The lowest BCUT2D eigenvalue weighted by molar-refractivity contribution is 0.0609. The molecule has 0 unspecified atom stereocenters. The number of carbonyl (C=O) groups excluding carboxylic acids is 1. The second-order valence-electron chi connectivity index (χ2n) is 6.56. The first-order valence-corrected chi connectivity index (χ1v) is 10.8. The van der Waals surface area contributed by atoms with Gasteiger partial charge in [-0.05, 0) is 24.1 Å². The van der Waals surface area contributed by atoms with Crippen LogP contribution in [-0.2, 0) is 16.4 Å². The van der Waals surface area contributed by atoms with Gasteiger partial charge in [-0.1, -0.05) is 30.3 Å². The molecule has 0 radical (unpaired) electrons. The third-order valence-electron chi connectivity index (χ3n) is 4.64. The summed E-state index contributed by atoms with van der Waals surface area (Å²) in [7, 11) is -3.29. The fraction of sp³-hybridized carbons (Fsp3) is 0.421. The zero-order valence-electron chi connectivity index (χ0n) is 15.2. The Bertz CT molecular complexity index is 814. The summed E-state index contributed by atoms with van der Waals surface area (Å²) < 4.78 is 32.1. The Labute approximate surface area is 160 Å². The largest absolute Gasteiger partial charge is 0.459 e. The Morgan fingerprint density at radius 2 is 1.78 bits per heavy atom. The first-order valence-electron chi connectivity index (χ1n) is 9.10. The minimum atomic E-state index is -3.29. The van der Waals surface area contributed by atoms with Crippen molar-refractivity contribution in [2.75, 3.05) is 45.0 Å². The summed E-state index contributed by atoms with van der Waals surface area (Å²) in [5.41, 5.74) is 1.01. The topological polar surface area (TPSA) is 82.9 Å². The highest BCUT2D eigenvalue weighted by atomic mass is 32.2. The number of hydrogen-bond acceptors (Lipinski definition) is 5. The number of nitrogens with zero attached hydrogens (tertiary/aromatic N) is 2. The van der Waals surface area contributed by atoms with E-state index < -0.39 is 10.0 Å². The number of sulfonamides is 1. The van der Waals surface area contributed by atoms with E-state index in [1.165, 1.54) is 6.26 Å². The van der Waals surface area contributed by atoms with Crippen molar-refractivity contribution in [3.8, 4) is 0 Å². The Morgan fingerprint density at radius 3 is 2.44 bits per heavy atom. The standard InChI is InChI=1S/C19H25N3O4S/c23-19(18-7-4-15-26-18)22-13-11-21(12-14-22)10-9-20-27(24,25)16-8-17-5-2-1-3-6-17/h1-7,15,20H,8-14,16H2. The van der Waals surface area contributed by atoms with Crippen molar-refractivity contribution >= 4 is 15.9 Å². The van der Waals surface area contributed by atoms with E-state index in [4.69, 9.17) is 4.42 Å². The van der Waals surface area contributed by atoms with Crippen molar-refractivity contribution in [2.45, 2.75) is 6.42 Å². The normalized spacial score (nSPS) is 15.8. The van der Waals surface area contributed by atoms with Gasteiger partial charge < -0.3 is 9.32 Å². The van der Waals surface area contributed by atoms with Crippen molar-refractivity contribution in [3.05, 3.63) is 60.1 Å². The van der Waals surface area contributed by atoms with Gasteiger partial charge in [0.05, 0.1) is 12.0 Å². The number of benzene rings is 1. The van der Waals surface area contributed by atoms with Crippen molar-refractivity contribution in [2.24, 2.45) is 0 Å². The zero-order valence-corrected chi connectivity index (χ0v) is 16.0. The summed E-state index contributed by atoms with van der Waals surface area (Å²) in [5, 5.41) is 0. The molecule has 2 aromatic rings. The average molecular weight is 391 g/mol. The minimum Gasteiger partial charge on any atom is -0.459 e. The Morgan fingerprint density at radius 1 is 1.04 bits per heavy atom. The molecule has 8 heteroatoms. The number of carbonyl (C=O) groups is 1. The number of aryl methyl sites for hydroxylation is 1. The maximum Gasteiger partial charge on any atom is 0.289 e. The van der Waals surface area contributed by atoms with Crippen LogP contribution in [-0.4, -0.2) is 69.1 Å². The Balaban J connectivity index is 1.35. The van der Waals surface area contributed by atoms with E-state index in [0.717, 1.165) is 18.7 Å². The zero-order chi connectivity index (χ0) is 19.1. The quantitative estimate of drug-likeness (QED) is 0.731. The van der Waals surface area contributed by atoms with Gasteiger partial charge in [0.15, 0.2) is 5.76 Å². The molecule has 1 saturated heterocycles. The minimum absolute atomic E-state index is 0.0858. The summed E-state index contributed by atoms with van der Waals surface area (Å²) in [5.74, 6) is 0.346.